The molecule has 0 atom stereocenters. The molecule has 0 spiro atoms. The lowest BCUT2D eigenvalue weighted by Gasteiger charge is -2.10. The maximum atomic E-state index is 12.3. The Balaban J connectivity index is 2.13. The van der Waals surface area contributed by atoms with Gasteiger partial charge in [0.1, 0.15) is 17.0 Å². The first-order chi connectivity index (χ1) is 12.3. The second-order valence-corrected chi connectivity index (χ2v) is 5.69. The number of hydrogen-bond donors (Lipinski definition) is 2. The standard InChI is InChI=1S/C17H17N3O6/c1-19-12-7-11(18-15(12)16(23)20(2)17(19)24)10-5-4-9(6-13(10)25-3)26-8-14(21)22/h4-7,18H,8H2,1-3H3,(H,21,22). The van der Waals surface area contributed by atoms with Crippen LogP contribution in [0.1, 0.15) is 0 Å². The molecule has 136 valence electrons. The molecule has 9 nitrogen and oxygen atoms in total. The predicted molar refractivity (Wildman–Crippen MR) is 93.9 cm³/mol. The van der Waals surface area contributed by atoms with Gasteiger partial charge >= 0.3 is 11.7 Å². The van der Waals surface area contributed by atoms with Crippen molar-refractivity contribution in [2.45, 2.75) is 0 Å². The number of aromatic amines is 1. The van der Waals surface area contributed by atoms with E-state index in [0.29, 0.717) is 33.8 Å². The average Bonchev–Trinajstić information content (AvgIpc) is 3.08. The minimum Gasteiger partial charge on any atom is -0.496 e. The molecule has 2 heterocycles. The zero-order valence-corrected chi connectivity index (χ0v) is 14.4. The van der Waals surface area contributed by atoms with Crippen molar-refractivity contribution < 1.29 is 19.4 Å². The van der Waals surface area contributed by atoms with E-state index in [2.05, 4.69) is 4.98 Å². The zero-order chi connectivity index (χ0) is 19.0. The van der Waals surface area contributed by atoms with Crippen molar-refractivity contribution in [1.29, 1.82) is 0 Å². The summed E-state index contributed by atoms with van der Waals surface area (Å²) in [4.78, 5) is 38.0. The quantitative estimate of drug-likeness (QED) is 0.693. The summed E-state index contributed by atoms with van der Waals surface area (Å²) in [5.41, 5.74) is 1.16. The minimum absolute atomic E-state index is 0.304. The van der Waals surface area contributed by atoms with Gasteiger partial charge in [-0.25, -0.2) is 9.59 Å². The molecule has 0 aliphatic rings. The van der Waals surface area contributed by atoms with E-state index in [0.717, 1.165) is 4.57 Å². The van der Waals surface area contributed by atoms with E-state index < -0.39 is 23.8 Å². The Labute approximate surface area is 147 Å². The highest BCUT2D eigenvalue weighted by Gasteiger charge is 2.15. The summed E-state index contributed by atoms with van der Waals surface area (Å²) < 4.78 is 12.9. The van der Waals surface area contributed by atoms with Gasteiger partial charge in [0, 0.05) is 25.7 Å². The van der Waals surface area contributed by atoms with Gasteiger partial charge in [-0.2, -0.15) is 0 Å². The first-order valence-corrected chi connectivity index (χ1v) is 7.65. The monoisotopic (exact) mass is 359 g/mol. The molecule has 0 unspecified atom stereocenters. The molecule has 9 heteroatoms. The number of benzene rings is 1. The summed E-state index contributed by atoms with van der Waals surface area (Å²) in [5, 5.41) is 8.69. The lowest BCUT2D eigenvalue weighted by Crippen LogP contribution is -2.36. The molecule has 0 bridgehead atoms. The number of hydrogen-bond acceptors (Lipinski definition) is 5. The van der Waals surface area contributed by atoms with Crippen LogP contribution in [0.2, 0.25) is 0 Å². The Kier molecular flexibility index (Phi) is 4.29. The number of carboxylic acid groups (broad SMARTS) is 1. The van der Waals surface area contributed by atoms with Crippen LogP contribution in [0, 0.1) is 0 Å². The van der Waals surface area contributed by atoms with Gasteiger partial charge in [-0.15, -0.1) is 0 Å². The molecule has 0 saturated heterocycles. The van der Waals surface area contributed by atoms with Crippen molar-refractivity contribution in [2.24, 2.45) is 14.1 Å². The summed E-state index contributed by atoms with van der Waals surface area (Å²) in [5.74, 6) is -0.311. The normalized spacial score (nSPS) is 10.9. The highest BCUT2D eigenvalue weighted by molar-refractivity contribution is 5.84. The Morgan fingerprint density at radius 1 is 1.19 bits per heavy atom. The van der Waals surface area contributed by atoms with E-state index in [4.69, 9.17) is 14.6 Å². The summed E-state index contributed by atoms with van der Waals surface area (Å²) in [6, 6.07) is 6.53. The van der Waals surface area contributed by atoms with Crippen molar-refractivity contribution in [1.82, 2.24) is 14.1 Å². The van der Waals surface area contributed by atoms with Crippen molar-refractivity contribution in [2.75, 3.05) is 13.7 Å². The fraction of sp³-hybridized carbons (Fsp3) is 0.235. The average molecular weight is 359 g/mol. The Hall–Kier alpha value is -3.49. The number of H-pyrrole nitrogens is 1. The van der Waals surface area contributed by atoms with Crippen LogP contribution in [0.15, 0.2) is 33.9 Å². The van der Waals surface area contributed by atoms with Crippen molar-refractivity contribution in [3.8, 4) is 22.8 Å². The highest BCUT2D eigenvalue weighted by atomic mass is 16.5. The number of ether oxygens (including phenoxy) is 2. The number of methoxy groups -OCH3 is 1. The van der Waals surface area contributed by atoms with Gasteiger partial charge in [-0.3, -0.25) is 13.9 Å². The van der Waals surface area contributed by atoms with Crippen LogP contribution >= 0.6 is 0 Å². The van der Waals surface area contributed by atoms with Gasteiger partial charge in [0.2, 0.25) is 0 Å². The molecule has 0 aliphatic carbocycles. The number of aryl methyl sites for hydroxylation is 1. The molecule has 0 radical (unpaired) electrons. The van der Waals surface area contributed by atoms with E-state index in [1.807, 2.05) is 0 Å². The highest BCUT2D eigenvalue weighted by Crippen LogP contribution is 2.33. The number of carbonyl (C=O) groups is 1. The molecule has 2 aromatic heterocycles. The second-order valence-electron chi connectivity index (χ2n) is 5.69. The number of nitrogens with one attached hydrogen (secondary N) is 1. The van der Waals surface area contributed by atoms with Gasteiger partial charge in [0.05, 0.1) is 18.3 Å². The van der Waals surface area contributed by atoms with Crippen LogP contribution in [0.5, 0.6) is 11.5 Å². The molecule has 3 aromatic rings. The summed E-state index contributed by atoms with van der Waals surface area (Å²) >= 11 is 0. The SMILES string of the molecule is COc1cc(OCC(=O)O)ccc1-c1cc2c([nH]1)c(=O)n(C)c(=O)n2C. The Morgan fingerprint density at radius 3 is 2.58 bits per heavy atom. The number of carboxylic acids is 1. The third-order valence-corrected chi connectivity index (χ3v) is 4.08. The second kappa shape index (κ2) is 6.43. The molecule has 0 saturated carbocycles. The minimum atomic E-state index is -1.08. The lowest BCUT2D eigenvalue weighted by molar-refractivity contribution is -0.139. The van der Waals surface area contributed by atoms with Crippen molar-refractivity contribution >= 4 is 17.0 Å². The number of rotatable bonds is 5. The number of aliphatic carboxylic acids is 1. The van der Waals surface area contributed by atoms with E-state index in [-0.39, 0.29) is 0 Å². The van der Waals surface area contributed by atoms with E-state index in [1.165, 1.54) is 18.7 Å². The molecule has 0 amide bonds. The van der Waals surface area contributed by atoms with Crippen LogP contribution in [-0.2, 0) is 18.9 Å². The molecule has 1 aromatic carbocycles. The maximum absolute atomic E-state index is 12.3. The predicted octanol–water partition coefficient (Wildman–Crippen LogP) is 0.704. The fourth-order valence-electron chi connectivity index (χ4n) is 2.73. The first-order valence-electron chi connectivity index (χ1n) is 7.65. The molecule has 3 rings (SSSR count). The van der Waals surface area contributed by atoms with Gasteiger partial charge in [0.25, 0.3) is 5.56 Å². The third-order valence-electron chi connectivity index (χ3n) is 4.08. The van der Waals surface area contributed by atoms with Gasteiger partial charge in [-0.1, -0.05) is 0 Å². The Bertz CT molecular complexity index is 1120. The van der Waals surface area contributed by atoms with Crippen LogP contribution in [0.25, 0.3) is 22.3 Å². The maximum Gasteiger partial charge on any atom is 0.341 e. The lowest BCUT2D eigenvalue weighted by atomic mass is 10.1. The van der Waals surface area contributed by atoms with Gasteiger partial charge < -0.3 is 19.6 Å². The number of aromatic nitrogens is 3. The number of nitrogens with zero attached hydrogens (tertiary/aromatic N) is 2. The topological polar surface area (TPSA) is 116 Å². The van der Waals surface area contributed by atoms with Crippen molar-refractivity contribution in [3.63, 3.8) is 0 Å². The fourth-order valence-corrected chi connectivity index (χ4v) is 2.73. The molecule has 0 fully saturated rings. The van der Waals surface area contributed by atoms with Gasteiger partial charge in [0.15, 0.2) is 6.61 Å². The van der Waals surface area contributed by atoms with E-state index >= 15 is 0 Å². The van der Waals surface area contributed by atoms with Gasteiger partial charge in [-0.05, 0) is 18.2 Å². The molecular weight excluding hydrogens is 342 g/mol. The summed E-state index contributed by atoms with van der Waals surface area (Å²) in [7, 11) is 4.47. The smallest absolute Gasteiger partial charge is 0.341 e. The summed E-state index contributed by atoms with van der Waals surface area (Å²) in [6.45, 7) is -0.465. The van der Waals surface area contributed by atoms with Crippen LogP contribution in [-0.4, -0.2) is 38.9 Å². The summed E-state index contributed by atoms with van der Waals surface area (Å²) in [6.07, 6.45) is 0. The van der Waals surface area contributed by atoms with Crippen molar-refractivity contribution in [3.05, 3.63) is 45.1 Å². The first kappa shape index (κ1) is 17.3. The molecular formula is C17H17N3O6. The van der Waals surface area contributed by atoms with Crippen LogP contribution < -0.4 is 20.7 Å². The zero-order valence-electron chi connectivity index (χ0n) is 14.4. The van der Waals surface area contributed by atoms with E-state index in [9.17, 15) is 14.4 Å². The van der Waals surface area contributed by atoms with E-state index in [1.54, 1.807) is 31.3 Å². The third kappa shape index (κ3) is 2.83. The Morgan fingerprint density at radius 2 is 1.92 bits per heavy atom. The largest absolute Gasteiger partial charge is 0.496 e. The number of fused-ring (bicyclic) bond motifs is 1. The van der Waals surface area contributed by atoms with Crippen LogP contribution in [0.3, 0.4) is 0 Å². The van der Waals surface area contributed by atoms with Crippen LogP contribution in [0.4, 0.5) is 0 Å². The molecule has 2 N–H and O–H groups in total. The molecule has 26 heavy (non-hydrogen) atoms. The molecule has 0 aliphatic heterocycles.